The molecule has 0 bridgehead atoms. The van der Waals surface area contributed by atoms with E-state index >= 15 is 0 Å². The van der Waals surface area contributed by atoms with Crippen LogP contribution in [0.2, 0.25) is 5.02 Å². The van der Waals surface area contributed by atoms with Gasteiger partial charge in [-0.2, -0.15) is 5.26 Å². The summed E-state index contributed by atoms with van der Waals surface area (Å²) in [5.74, 6) is 0. The molecule has 0 unspecified atom stereocenters. The van der Waals surface area contributed by atoms with Gasteiger partial charge in [-0.1, -0.05) is 11.6 Å². The molecular formula is C8H5ClF2N2O. The van der Waals surface area contributed by atoms with E-state index in [2.05, 4.69) is 4.98 Å². The summed E-state index contributed by atoms with van der Waals surface area (Å²) in [6.45, 7) is -0.672. The second kappa shape index (κ2) is 4.31. The molecule has 0 aliphatic heterocycles. The summed E-state index contributed by atoms with van der Waals surface area (Å²) >= 11 is 5.50. The summed E-state index contributed by atoms with van der Waals surface area (Å²) in [4.78, 5) is 3.52. The minimum Gasteiger partial charge on any atom is -0.390 e. The normalized spacial score (nSPS) is 10.3. The summed E-state index contributed by atoms with van der Waals surface area (Å²) in [7, 11) is 0. The van der Waals surface area contributed by atoms with Crippen molar-refractivity contribution in [3.8, 4) is 6.07 Å². The average Bonchev–Trinajstić information content (AvgIpc) is 2.15. The Morgan fingerprint density at radius 1 is 1.64 bits per heavy atom. The number of hydrogen-bond donors (Lipinski definition) is 1. The van der Waals surface area contributed by atoms with Crippen molar-refractivity contribution in [1.29, 1.82) is 5.26 Å². The van der Waals surface area contributed by atoms with Crippen molar-refractivity contribution >= 4 is 11.6 Å². The molecule has 74 valence electrons. The molecule has 0 radical (unpaired) electrons. The van der Waals surface area contributed by atoms with Crippen LogP contribution in [0.5, 0.6) is 0 Å². The van der Waals surface area contributed by atoms with Crippen LogP contribution in [0.25, 0.3) is 0 Å². The third-order valence-electron chi connectivity index (χ3n) is 1.57. The van der Waals surface area contributed by atoms with Crippen LogP contribution in [0.1, 0.15) is 23.4 Å². The summed E-state index contributed by atoms with van der Waals surface area (Å²) in [5.41, 5.74) is -0.874. The number of halogens is 3. The number of rotatable bonds is 2. The van der Waals surface area contributed by atoms with Gasteiger partial charge in [0.25, 0.3) is 6.43 Å². The molecular weight excluding hydrogens is 214 g/mol. The topological polar surface area (TPSA) is 56.9 Å². The largest absolute Gasteiger partial charge is 0.390 e. The molecule has 0 aliphatic carbocycles. The first-order valence-corrected chi connectivity index (χ1v) is 3.96. The van der Waals surface area contributed by atoms with E-state index in [0.29, 0.717) is 0 Å². The zero-order chi connectivity index (χ0) is 10.7. The minimum absolute atomic E-state index is 0.0940. The molecule has 0 amide bonds. The lowest BCUT2D eigenvalue weighted by molar-refractivity contribution is 0.146. The summed E-state index contributed by atoms with van der Waals surface area (Å²) in [6.07, 6.45) is -2.81. The van der Waals surface area contributed by atoms with Crippen molar-refractivity contribution < 1.29 is 13.9 Å². The van der Waals surface area contributed by atoms with Crippen molar-refractivity contribution in [2.24, 2.45) is 0 Å². The van der Waals surface area contributed by atoms with E-state index in [4.69, 9.17) is 22.0 Å². The lowest BCUT2D eigenvalue weighted by Crippen LogP contribution is -2.01. The molecule has 6 heteroatoms. The van der Waals surface area contributed by atoms with Gasteiger partial charge in [0.2, 0.25) is 0 Å². The molecule has 3 nitrogen and oxygen atoms in total. The third-order valence-corrected chi connectivity index (χ3v) is 1.88. The molecule has 0 saturated carbocycles. The third kappa shape index (κ3) is 1.97. The number of nitrogens with zero attached hydrogens (tertiary/aromatic N) is 2. The minimum atomic E-state index is -2.81. The van der Waals surface area contributed by atoms with Gasteiger partial charge in [-0.25, -0.2) is 13.8 Å². The molecule has 1 rings (SSSR count). The average molecular weight is 219 g/mol. The first-order chi connectivity index (χ1) is 6.60. The van der Waals surface area contributed by atoms with Crippen molar-refractivity contribution in [3.63, 3.8) is 0 Å². The SMILES string of the molecule is N#Cc1cc(Cl)c(C(F)F)c(CO)n1. The van der Waals surface area contributed by atoms with Crippen LogP contribution in [0, 0.1) is 11.3 Å². The van der Waals surface area contributed by atoms with Gasteiger partial charge in [0.15, 0.2) is 0 Å². The number of alkyl halides is 2. The Labute approximate surface area is 83.6 Å². The van der Waals surface area contributed by atoms with Gasteiger partial charge in [0.05, 0.1) is 22.9 Å². The van der Waals surface area contributed by atoms with E-state index in [1.165, 1.54) is 0 Å². The molecule has 0 atom stereocenters. The molecule has 0 aliphatic rings. The van der Waals surface area contributed by atoms with Gasteiger partial charge in [-0.3, -0.25) is 0 Å². The number of nitriles is 1. The zero-order valence-electron chi connectivity index (χ0n) is 6.84. The second-order valence-corrected chi connectivity index (χ2v) is 2.83. The van der Waals surface area contributed by atoms with Gasteiger partial charge in [0.1, 0.15) is 11.8 Å². The molecule has 14 heavy (non-hydrogen) atoms. The molecule has 1 N–H and O–H groups in total. The highest BCUT2D eigenvalue weighted by atomic mass is 35.5. The predicted molar refractivity (Wildman–Crippen MR) is 44.8 cm³/mol. The smallest absolute Gasteiger partial charge is 0.267 e. The Hall–Kier alpha value is -1.25. The molecule has 0 aromatic carbocycles. The fourth-order valence-electron chi connectivity index (χ4n) is 0.982. The molecule has 1 aromatic rings. The number of aliphatic hydroxyl groups is 1. The Balaban J connectivity index is 3.36. The number of hydrogen-bond acceptors (Lipinski definition) is 3. The highest BCUT2D eigenvalue weighted by Gasteiger charge is 2.19. The predicted octanol–water partition coefficient (Wildman–Crippen LogP) is 2.04. The van der Waals surface area contributed by atoms with Crippen LogP contribution < -0.4 is 0 Å². The van der Waals surface area contributed by atoms with E-state index in [1.807, 2.05) is 0 Å². The Morgan fingerprint density at radius 3 is 2.71 bits per heavy atom. The quantitative estimate of drug-likeness (QED) is 0.826. The first kappa shape index (κ1) is 10.8. The maximum Gasteiger partial charge on any atom is 0.267 e. The Morgan fingerprint density at radius 2 is 2.29 bits per heavy atom. The van der Waals surface area contributed by atoms with Gasteiger partial charge < -0.3 is 5.11 Å². The number of aromatic nitrogens is 1. The monoisotopic (exact) mass is 218 g/mol. The fraction of sp³-hybridized carbons (Fsp3) is 0.250. The van der Waals surface area contributed by atoms with Crippen LogP contribution >= 0.6 is 11.6 Å². The van der Waals surface area contributed by atoms with E-state index in [-0.39, 0.29) is 16.4 Å². The molecule has 1 aromatic heterocycles. The molecule has 0 spiro atoms. The van der Waals surface area contributed by atoms with Crippen molar-refractivity contribution in [2.75, 3.05) is 0 Å². The van der Waals surface area contributed by atoms with E-state index < -0.39 is 18.6 Å². The maximum atomic E-state index is 12.4. The van der Waals surface area contributed by atoms with Crippen molar-refractivity contribution in [2.45, 2.75) is 13.0 Å². The highest BCUT2D eigenvalue weighted by molar-refractivity contribution is 6.31. The van der Waals surface area contributed by atoms with Crippen LogP contribution in [0.15, 0.2) is 6.07 Å². The number of aliphatic hydroxyl groups excluding tert-OH is 1. The molecule has 0 saturated heterocycles. The van der Waals surface area contributed by atoms with E-state index in [0.717, 1.165) is 6.07 Å². The zero-order valence-corrected chi connectivity index (χ0v) is 7.59. The van der Waals surface area contributed by atoms with Crippen LogP contribution in [-0.4, -0.2) is 10.1 Å². The summed E-state index contributed by atoms with van der Waals surface area (Å²) < 4.78 is 24.8. The van der Waals surface area contributed by atoms with E-state index in [1.54, 1.807) is 6.07 Å². The van der Waals surface area contributed by atoms with Gasteiger partial charge in [0, 0.05) is 0 Å². The Bertz CT molecular complexity index is 390. The van der Waals surface area contributed by atoms with Crippen molar-refractivity contribution in [3.05, 3.63) is 28.0 Å². The van der Waals surface area contributed by atoms with Gasteiger partial charge in [-0.05, 0) is 6.07 Å². The van der Waals surface area contributed by atoms with Gasteiger partial charge in [-0.15, -0.1) is 0 Å². The molecule has 0 fully saturated rings. The first-order valence-electron chi connectivity index (χ1n) is 3.58. The second-order valence-electron chi connectivity index (χ2n) is 2.42. The van der Waals surface area contributed by atoms with Crippen LogP contribution in [-0.2, 0) is 6.61 Å². The Kier molecular flexibility index (Phi) is 3.33. The van der Waals surface area contributed by atoms with Crippen LogP contribution in [0.4, 0.5) is 8.78 Å². The summed E-state index contributed by atoms with van der Waals surface area (Å²) in [5, 5.41) is 17.0. The summed E-state index contributed by atoms with van der Waals surface area (Å²) in [6, 6.07) is 2.70. The number of pyridine rings is 1. The fourth-order valence-corrected chi connectivity index (χ4v) is 1.28. The highest BCUT2D eigenvalue weighted by Crippen LogP contribution is 2.29. The maximum absolute atomic E-state index is 12.4. The lowest BCUT2D eigenvalue weighted by Gasteiger charge is -2.07. The lowest BCUT2D eigenvalue weighted by atomic mass is 10.2. The van der Waals surface area contributed by atoms with Gasteiger partial charge >= 0.3 is 0 Å². The van der Waals surface area contributed by atoms with Crippen molar-refractivity contribution in [1.82, 2.24) is 4.98 Å². The molecule has 1 heterocycles. The standard InChI is InChI=1S/C8H5ClF2N2O/c9-5-1-4(2-12)13-6(3-14)7(5)8(10)11/h1,8,14H,3H2. The van der Waals surface area contributed by atoms with E-state index in [9.17, 15) is 8.78 Å². The van der Waals surface area contributed by atoms with Crippen LogP contribution in [0.3, 0.4) is 0 Å².